The van der Waals surface area contributed by atoms with Crippen molar-refractivity contribution in [2.45, 2.75) is 41.2 Å². The highest BCUT2D eigenvalue weighted by Crippen LogP contribution is 2.22. The smallest absolute Gasteiger partial charge is 0.184 e. The van der Waals surface area contributed by atoms with Gasteiger partial charge in [0, 0.05) is 5.56 Å². The van der Waals surface area contributed by atoms with Crippen LogP contribution in [0.3, 0.4) is 0 Å². The topological polar surface area (TPSA) is 34.9 Å². The Morgan fingerprint density at radius 3 is 2.15 bits per heavy atom. The lowest BCUT2D eigenvalue weighted by Crippen LogP contribution is -2.15. The van der Waals surface area contributed by atoms with Crippen LogP contribution in [-0.2, 0) is 6.54 Å². The van der Waals surface area contributed by atoms with Crippen LogP contribution in [0.5, 0.6) is 0 Å². The fraction of sp³-hybridized carbons (Fsp3) is 0.375. The summed E-state index contributed by atoms with van der Waals surface area (Å²) in [4.78, 5) is 12.6. The second-order valence-electron chi connectivity index (χ2n) is 5.34. The molecular weight excluding hydrogens is 316 g/mol. The molecule has 106 valence electrons. The maximum Gasteiger partial charge on any atom is 0.184 e. The highest BCUT2D eigenvalue weighted by molar-refractivity contribution is 9.10. The Kier molecular flexibility index (Phi) is 4.14. The van der Waals surface area contributed by atoms with E-state index in [9.17, 15) is 4.79 Å². The molecule has 0 radical (unpaired) electrons. The first-order chi connectivity index (χ1) is 9.31. The largest absolute Gasteiger partial charge is 0.292 e. The number of ketones is 1. The Hall–Kier alpha value is -1.42. The van der Waals surface area contributed by atoms with Gasteiger partial charge in [-0.05, 0) is 61.7 Å². The molecule has 0 atom stereocenters. The molecule has 1 aromatic carbocycles. The predicted molar refractivity (Wildman–Crippen MR) is 84.4 cm³/mol. The number of carbonyl (C=O) groups excluding carboxylic acids is 1. The van der Waals surface area contributed by atoms with E-state index in [-0.39, 0.29) is 12.3 Å². The van der Waals surface area contributed by atoms with Crippen LogP contribution in [0.1, 0.15) is 38.4 Å². The minimum absolute atomic E-state index is 0.109. The van der Waals surface area contributed by atoms with Crippen molar-refractivity contribution < 1.29 is 4.79 Å². The zero-order chi connectivity index (χ0) is 15.0. The van der Waals surface area contributed by atoms with Crippen molar-refractivity contribution in [1.82, 2.24) is 9.78 Å². The lowest BCUT2D eigenvalue weighted by molar-refractivity contribution is 0.0965. The van der Waals surface area contributed by atoms with Crippen molar-refractivity contribution >= 4 is 21.7 Å². The molecule has 4 heteroatoms. The SMILES string of the molecule is Cc1cc(C)c(C(=O)Cn2nc(C)c(Br)c2C)c(C)c1. The second kappa shape index (κ2) is 5.52. The summed E-state index contributed by atoms with van der Waals surface area (Å²) in [6, 6.07) is 4.11. The fourth-order valence-electron chi connectivity index (χ4n) is 2.66. The van der Waals surface area contributed by atoms with Gasteiger partial charge in [-0.15, -0.1) is 0 Å². The van der Waals surface area contributed by atoms with Gasteiger partial charge in [0.15, 0.2) is 5.78 Å². The molecule has 3 nitrogen and oxygen atoms in total. The van der Waals surface area contributed by atoms with Gasteiger partial charge in [-0.1, -0.05) is 17.7 Å². The highest BCUT2D eigenvalue weighted by atomic mass is 79.9. The molecule has 2 aromatic rings. The summed E-state index contributed by atoms with van der Waals surface area (Å²) in [7, 11) is 0. The average molecular weight is 335 g/mol. The van der Waals surface area contributed by atoms with Gasteiger partial charge in [0.2, 0.25) is 0 Å². The summed E-state index contributed by atoms with van der Waals surface area (Å²) in [5.41, 5.74) is 5.97. The predicted octanol–water partition coefficient (Wildman–Crippen LogP) is 4.07. The molecule has 0 bridgehead atoms. The zero-order valence-electron chi connectivity index (χ0n) is 12.5. The molecule has 0 aliphatic heterocycles. The van der Waals surface area contributed by atoms with E-state index in [1.54, 1.807) is 4.68 Å². The van der Waals surface area contributed by atoms with E-state index in [2.05, 4.69) is 33.2 Å². The molecular formula is C16H19BrN2O. The van der Waals surface area contributed by atoms with Crippen LogP contribution in [0.15, 0.2) is 16.6 Å². The van der Waals surface area contributed by atoms with Gasteiger partial charge in [0.1, 0.15) is 6.54 Å². The zero-order valence-corrected chi connectivity index (χ0v) is 14.1. The van der Waals surface area contributed by atoms with E-state index in [0.717, 1.165) is 32.6 Å². The fourth-order valence-corrected chi connectivity index (χ4v) is 2.95. The van der Waals surface area contributed by atoms with Crippen molar-refractivity contribution in [3.8, 4) is 0 Å². The van der Waals surface area contributed by atoms with Crippen molar-refractivity contribution in [1.29, 1.82) is 0 Å². The molecule has 0 saturated carbocycles. The Balaban J connectivity index is 2.36. The molecule has 0 aliphatic carbocycles. The van der Waals surface area contributed by atoms with Gasteiger partial charge in [-0.25, -0.2) is 0 Å². The molecule has 0 aliphatic rings. The van der Waals surface area contributed by atoms with Crippen molar-refractivity contribution in [3.63, 3.8) is 0 Å². The molecule has 20 heavy (non-hydrogen) atoms. The Bertz CT molecular complexity index is 663. The maximum absolute atomic E-state index is 12.6. The van der Waals surface area contributed by atoms with Gasteiger partial charge in [-0.2, -0.15) is 5.10 Å². The van der Waals surface area contributed by atoms with Crippen molar-refractivity contribution in [3.05, 3.63) is 50.2 Å². The minimum Gasteiger partial charge on any atom is -0.292 e. The van der Waals surface area contributed by atoms with E-state index in [0.29, 0.717) is 0 Å². The van der Waals surface area contributed by atoms with Crippen LogP contribution >= 0.6 is 15.9 Å². The van der Waals surface area contributed by atoms with Gasteiger partial charge >= 0.3 is 0 Å². The normalized spacial score (nSPS) is 10.9. The number of benzene rings is 1. The number of Topliss-reactive ketones (excluding diaryl/α,β-unsaturated/α-hetero) is 1. The highest BCUT2D eigenvalue weighted by Gasteiger charge is 2.16. The molecule has 0 N–H and O–H groups in total. The van der Waals surface area contributed by atoms with E-state index >= 15 is 0 Å². The summed E-state index contributed by atoms with van der Waals surface area (Å²) in [6.07, 6.45) is 0. The van der Waals surface area contributed by atoms with Crippen molar-refractivity contribution in [2.75, 3.05) is 0 Å². The minimum atomic E-state index is 0.109. The van der Waals surface area contributed by atoms with Gasteiger partial charge in [0.25, 0.3) is 0 Å². The second-order valence-corrected chi connectivity index (χ2v) is 6.13. The summed E-state index contributed by atoms with van der Waals surface area (Å²) in [5, 5.41) is 4.40. The number of hydrogen-bond donors (Lipinski definition) is 0. The first kappa shape index (κ1) is 15.0. The third-order valence-corrected chi connectivity index (χ3v) is 4.69. The molecule has 1 heterocycles. The third kappa shape index (κ3) is 2.70. The summed E-state index contributed by atoms with van der Waals surface area (Å²) < 4.78 is 2.74. The first-order valence-corrected chi connectivity index (χ1v) is 7.41. The van der Waals surface area contributed by atoms with E-state index < -0.39 is 0 Å². The van der Waals surface area contributed by atoms with Gasteiger partial charge < -0.3 is 0 Å². The third-order valence-electron chi connectivity index (χ3n) is 3.54. The number of halogens is 1. The summed E-state index contributed by atoms with van der Waals surface area (Å²) in [5.74, 6) is 0.109. The molecule has 0 unspecified atom stereocenters. The standard InChI is InChI=1S/C16H19BrN2O/c1-9-6-10(2)15(11(3)7-9)14(20)8-19-13(5)16(17)12(4)18-19/h6-7H,8H2,1-5H3. The lowest BCUT2D eigenvalue weighted by atomic mass is 9.96. The number of aromatic nitrogens is 2. The quantitative estimate of drug-likeness (QED) is 0.793. The van der Waals surface area contributed by atoms with E-state index in [4.69, 9.17) is 0 Å². The number of aryl methyl sites for hydroxylation is 4. The van der Waals surface area contributed by atoms with Gasteiger partial charge in [0.05, 0.1) is 15.9 Å². The number of rotatable bonds is 3. The molecule has 1 aromatic heterocycles. The molecule has 2 rings (SSSR count). The van der Waals surface area contributed by atoms with Crippen LogP contribution < -0.4 is 0 Å². The van der Waals surface area contributed by atoms with Crippen LogP contribution in [0, 0.1) is 34.6 Å². The van der Waals surface area contributed by atoms with E-state index in [1.807, 2.05) is 34.6 Å². The summed E-state index contributed by atoms with van der Waals surface area (Å²) >= 11 is 3.49. The first-order valence-electron chi connectivity index (χ1n) is 6.61. The molecule has 0 fully saturated rings. The van der Waals surface area contributed by atoms with E-state index in [1.165, 1.54) is 5.56 Å². The number of nitrogens with zero attached hydrogens (tertiary/aromatic N) is 2. The number of carbonyl (C=O) groups is 1. The Morgan fingerprint density at radius 1 is 1.15 bits per heavy atom. The average Bonchev–Trinajstić information content (AvgIpc) is 2.55. The van der Waals surface area contributed by atoms with Crippen LogP contribution in [0.25, 0.3) is 0 Å². The lowest BCUT2D eigenvalue weighted by Gasteiger charge is -2.11. The monoisotopic (exact) mass is 334 g/mol. The summed E-state index contributed by atoms with van der Waals surface area (Å²) in [6.45, 7) is 10.2. The molecule has 0 amide bonds. The van der Waals surface area contributed by atoms with Crippen molar-refractivity contribution in [2.24, 2.45) is 0 Å². The maximum atomic E-state index is 12.6. The van der Waals surface area contributed by atoms with Crippen LogP contribution in [0.4, 0.5) is 0 Å². The molecule has 0 spiro atoms. The van der Waals surface area contributed by atoms with Gasteiger partial charge in [-0.3, -0.25) is 9.48 Å². The number of hydrogen-bond acceptors (Lipinski definition) is 2. The van der Waals surface area contributed by atoms with Crippen LogP contribution in [0.2, 0.25) is 0 Å². The Morgan fingerprint density at radius 2 is 1.70 bits per heavy atom. The molecule has 0 saturated heterocycles. The Labute approximate surface area is 128 Å². The van der Waals surface area contributed by atoms with Crippen LogP contribution in [-0.4, -0.2) is 15.6 Å².